The predicted molar refractivity (Wildman–Crippen MR) is 81.4 cm³/mol. The molecule has 0 saturated carbocycles. The van der Waals surface area contributed by atoms with Gasteiger partial charge < -0.3 is 9.68 Å². The molecule has 1 aliphatic heterocycles. The summed E-state index contributed by atoms with van der Waals surface area (Å²) in [4.78, 5) is 30.1. The summed E-state index contributed by atoms with van der Waals surface area (Å²) in [6, 6.07) is 4.36. The van der Waals surface area contributed by atoms with Gasteiger partial charge in [-0.1, -0.05) is 11.6 Å². The van der Waals surface area contributed by atoms with Gasteiger partial charge in [0, 0.05) is 11.8 Å². The molecule has 3 N–H and O–H groups in total. The van der Waals surface area contributed by atoms with Gasteiger partial charge in [-0.2, -0.15) is 0 Å². The van der Waals surface area contributed by atoms with Crippen LogP contribution in [0.1, 0.15) is 21.6 Å². The zero-order chi connectivity index (χ0) is 15.9. The Morgan fingerprint density at radius 3 is 3.00 bits per heavy atom. The van der Waals surface area contributed by atoms with Crippen molar-refractivity contribution < 1.29 is 14.5 Å². The van der Waals surface area contributed by atoms with Gasteiger partial charge in [0.05, 0.1) is 17.2 Å². The Bertz CT molecular complexity index is 823. The summed E-state index contributed by atoms with van der Waals surface area (Å²) in [6.45, 7) is 1.88. The van der Waals surface area contributed by atoms with Crippen LogP contribution >= 0.6 is 11.6 Å². The second kappa shape index (κ2) is 5.56. The number of benzene rings is 1. The lowest BCUT2D eigenvalue weighted by atomic mass is 9.78. The van der Waals surface area contributed by atoms with Crippen molar-refractivity contribution in [1.29, 1.82) is 0 Å². The lowest BCUT2D eigenvalue weighted by Gasteiger charge is -2.08. The van der Waals surface area contributed by atoms with Gasteiger partial charge in [0.2, 0.25) is 5.95 Å². The first-order valence-electron chi connectivity index (χ1n) is 6.45. The number of amides is 1. The monoisotopic (exact) mass is 319 g/mol. The van der Waals surface area contributed by atoms with E-state index in [1.165, 1.54) is 12.1 Å². The van der Waals surface area contributed by atoms with E-state index in [1.54, 1.807) is 13.0 Å². The summed E-state index contributed by atoms with van der Waals surface area (Å²) in [5.74, 6) is -0.510. The van der Waals surface area contributed by atoms with Gasteiger partial charge in [0.1, 0.15) is 0 Å². The van der Waals surface area contributed by atoms with Crippen molar-refractivity contribution in [2.24, 2.45) is 0 Å². The molecule has 22 heavy (non-hydrogen) atoms. The lowest BCUT2D eigenvalue weighted by molar-refractivity contribution is 0.102. The Labute approximate surface area is 130 Å². The number of anilines is 1. The number of fused-ring (bicyclic) bond motifs is 1. The maximum absolute atomic E-state index is 12.3. The predicted octanol–water partition coefficient (Wildman–Crippen LogP) is 0.202. The highest BCUT2D eigenvalue weighted by Gasteiger charge is 2.29. The number of nitrogens with one attached hydrogen (secondary N) is 2. The zero-order valence-corrected chi connectivity index (χ0v) is 12.3. The molecule has 1 aromatic heterocycles. The molecular weight excluding hydrogens is 308 g/mol. The first-order valence-corrected chi connectivity index (χ1v) is 6.83. The molecule has 0 atom stereocenters. The Morgan fingerprint density at radius 1 is 1.50 bits per heavy atom. The molecule has 2 heterocycles. The van der Waals surface area contributed by atoms with E-state index in [2.05, 4.69) is 15.3 Å². The number of hydrogen-bond acceptors (Lipinski definition) is 5. The van der Waals surface area contributed by atoms with Crippen LogP contribution in [0.15, 0.2) is 23.0 Å². The van der Waals surface area contributed by atoms with E-state index in [0.717, 1.165) is 5.56 Å². The largest absolute Gasteiger partial charge is 0.491 e. The number of halogens is 1. The number of aryl methyl sites for hydroxylation is 1. The average Bonchev–Trinajstić information content (AvgIpc) is 2.77. The summed E-state index contributed by atoms with van der Waals surface area (Å²) >= 11 is 6.09. The smallest absolute Gasteiger partial charge is 0.423 e. The first-order chi connectivity index (χ1) is 10.4. The van der Waals surface area contributed by atoms with Crippen LogP contribution in [0.3, 0.4) is 0 Å². The summed E-state index contributed by atoms with van der Waals surface area (Å²) in [5, 5.41) is 12.4. The second-order valence-corrected chi connectivity index (χ2v) is 5.29. The normalized spacial score (nSPS) is 13.1. The molecule has 0 aliphatic carbocycles. The van der Waals surface area contributed by atoms with Gasteiger partial charge in [-0.25, -0.2) is 4.98 Å². The maximum Gasteiger partial charge on any atom is 0.491 e. The van der Waals surface area contributed by atoms with E-state index in [9.17, 15) is 14.6 Å². The number of carbonyl (C=O) groups excluding carboxylic acids is 1. The number of aromatic amines is 1. The van der Waals surface area contributed by atoms with Crippen molar-refractivity contribution >= 4 is 36.0 Å². The van der Waals surface area contributed by atoms with Gasteiger partial charge in [0.15, 0.2) is 0 Å². The van der Waals surface area contributed by atoms with Crippen LogP contribution in [0.4, 0.5) is 5.95 Å². The fourth-order valence-electron chi connectivity index (χ4n) is 2.23. The van der Waals surface area contributed by atoms with E-state index in [0.29, 0.717) is 11.2 Å². The van der Waals surface area contributed by atoms with E-state index >= 15 is 0 Å². The van der Waals surface area contributed by atoms with Gasteiger partial charge >= 0.3 is 7.12 Å². The maximum atomic E-state index is 12.3. The number of nitrogens with zero attached hydrogens (tertiary/aromatic N) is 1. The molecule has 0 bridgehead atoms. The van der Waals surface area contributed by atoms with Crippen LogP contribution in [0, 0.1) is 6.92 Å². The van der Waals surface area contributed by atoms with Gasteiger partial charge in [0.25, 0.3) is 11.5 Å². The summed E-state index contributed by atoms with van der Waals surface area (Å²) in [7, 11) is -1.07. The van der Waals surface area contributed by atoms with Gasteiger partial charge in [-0.15, -0.1) is 0 Å². The highest BCUT2D eigenvalue weighted by Crippen LogP contribution is 2.21. The van der Waals surface area contributed by atoms with E-state index in [1.807, 2.05) is 0 Å². The van der Waals surface area contributed by atoms with Crippen molar-refractivity contribution in [1.82, 2.24) is 9.97 Å². The summed E-state index contributed by atoms with van der Waals surface area (Å²) in [6.07, 6.45) is 0. The van der Waals surface area contributed by atoms with Crippen LogP contribution in [-0.4, -0.2) is 28.0 Å². The minimum atomic E-state index is -1.07. The van der Waals surface area contributed by atoms with Crippen LogP contribution in [0.5, 0.6) is 0 Å². The van der Waals surface area contributed by atoms with E-state index in [4.69, 9.17) is 16.3 Å². The fourth-order valence-corrected chi connectivity index (χ4v) is 2.50. The molecule has 2 aromatic rings. The molecule has 0 spiro atoms. The highest BCUT2D eigenvalue weighted by molar-refractivity contribution is 6.61. The quantitative estimate of drug-likeness (QED) is 0.686. The van der Waals surface area contributed by atoms with Crippen LogP contribution in [-0.2, 0) is 11.3 Å². The Hall–Kier alpha value is -2.16. The lowest BCUT2D eigenvalue weighted by Crippen LogP contribution is -2.29. The SMILES string of the molecule is Cc1cc(=O)[nH]c(NC(=O)c2cc3c(cc2Cl)COB3O)n1. The van der Waals surface area contributed by atoms with Crippen LogP contribution < -0.4 is 16.3 Å². The molecule has 112 valence electrons. The molecule has 3 rings (SSSR count). The average molecular weight is 320 g/mol. The molecule has 0 radical (unpaired) electrons. The molecule has 0 unspecified atom stereocenters. The molecule has 0 saturated heterocycles. The number of aromatic nitrogens is 2. The Morgan fingerprint density at radius 2 is 2.27 bits per heavy atom. The standard InChI is InChI=1S/C13H11BClN3O4/c1-6-2-11(19)17-13(16-6)18-12(20)8-4-9-7(3-10(8)15)5-22-14(9)21/h2-4,21H,5H2,1H3,(H2,16,17,18,19,20). The molecule has 9 heteroatoms. The van der Waals surface area contributed by atoms with Gasteiger partial charge in [-0.05, 0) is 30.1 Å². The first kappa shape index (κ1) is 14.8. The molecule has 1 aliphatic rings. The van der Waals surface area contributed by atoms with Gasteiger partial charge in [-0.3, -0.25) is 19.9 Å². The van der Waals surface area contributed by atoms with Crippen molar-refractivity contribution in [2.45, 2.75) is 13.5 Å². The highest BCUT2D eigenvalue weighted by atomic mass is 35.5. The fraction of sp³-hybridized carbons (Fsp3) is 0.154. The third-order valence-corrected chi connectivity index (χ3v) is 3.55. The van der Waals surface area contributed by atoms with Crippen LogP contribution in [0.25, 0.3) is 0 Å². The molecule has 1 aromatic carbocycles. The summed E-state index contributed by atoms with van der Waals surface area (Å²) in [5.41, 5.74) is 1.50. The molecular formula is C13H11BClN3O4. The minimum Gasteiger partial charge on any atom is -0.423 e. The van der Waals surface area contributed by atoms with Crippen molar-refractivity contribution in [3.05, 3.63) is 50.4 Å². The van der Waals surface area contributed by atoms with E-state index < -0.39 is 13.0 Å². The zero-order valence-electron chi connectivity index (χ0n) is 11.5. The Kier molecular flexibility index (Phi) is 3.73. The molecule has 0 fully saturated rings. The van der Waals surface area contributed by atoms with Crippen molar-refractivity contribution in [3.8, 4) is 0 Å². The van der Waals surface area contributed by atoms with Crippen molar-refractivity contribution in [2.75, 3.05) is 5.32 Å². The van der Waals surface area contributed by atoms with Crippen LogP contribution in [0.2, 0.25) is 5.02 Å². The van der Waals surface area contributed by atoms with Crippen molar-refractivity contribution in [3.63, 3.8) is 0 Å². The molecule has 1 amide bonds. The third kappa shape index (κ3) is 2.76. The number of rotatable bonds is 2. The third-order valence-electron chi connectivity index (χ3n) is 3.24. The Balaban J connectivity index is 1.92. The number of H-pyrrole nitrogens is 1. The molecule has 7 nitrogen and oxygen atoms in total. The van der Waals surface area contributed by atoms with E-state index in [-0.39, 0.29) is 28.7 Å². The minimum absolute atomic E-state index is 0.0309. The summed E-state index contributed by atoms with van der Waals surface area (Å²) < 4.78 is 5.07. The second-order valence-electron chi connectivity index (χ2n) is 4.88. The topological polar surface area (TPSA) is 104 Å². The number of carbonyl (C=O) groups is 1. The number of hydrogen-bond donors (Lipinski definition) is 3.